The number of rotatable bonds is 28. The molecule has 0 aromatic heterocycles. The number of benzene rings is 2. The molecule has 0 fully saturated rings. The summed E-state index contributed by atoms with van der Waals surface area (Å²) < 4.78 is 14.3. The highest BCUT2D eigenvalue weighted by Crippen LogP contribution is 2.37. The number of carbonyl (C=O) groups excluding carboxylic acids is 3. The van der Waals surface area contributed by atoms with Crippen molar-refractivity contribution in [1.29, 1.82) is 0 Å². The molecule has 0 aliphatic heterocycles. The van der Waals surface area contributed by atoms with E-state index in [-0.39, 0.29) is 30.9 Å². The first kappa shape index (κ1) is 53.5. The van der Waals surface area contributed by atoms with E-state index in [1.54, 1.807) is 32.9 Å². The molecule has 0 spiro atoms. The van der Waals surface area contributed by atoms with Gasteiger partial charge in [0, 0.05) is 19.4 Å². The second-order valence-corrected chi connectivity index (χ2v) is 20.4. The number of aromatic hydroxyl groups is 1. The first-order chi connectivity index (χ1) is 28.0. The Labute approximate surface area is 406 Å². The van der Waals surface area contributed by atoms with Gasteiger partial charge in [-0.3, -0.25) is 9.59 Å². The van der Waals surface area contributed by atoms with E-state index in [2.05, 4.69) is 80.2 Å². The van der Waals surface area contributed by atoms with Crippen LogP contribution >= 0.6 is 90.4 Å². The average molecular weight is 1270 g/mol. The first-order valence-corrected chi connectivity index (χ1v) is 25.1. The third-order valence-corrected chi connectivity index (χ3v) is 12.5. The number of unbranched alkanes of at least 4 members (excludes halogenated alkanes) is 12. The van der Waals surface area contributed by atoms with Crippen LogP contribution in [0.5, 0.6) is 17.2 Å². The van der Waals surface area contributed by atoms with E-state index in [1.807, 2.05) is 57.3 Å². The number of aliphatic carboxylic acids is 1. The van der Waals surface area contributed by atoms with Gasteiger partial charge in [-0.2, -0.15) is 0 Å². The van der Waals surface area contributed by atoms with E-state index in [1.165, 1.54) is 38.5 Å². The number of phenols is 1. The van der Waals surface area contributed by atoms with E-state index in [0.717, 1.165) is 45.7 Å². The van der Waals surface area contributed by atoms with Crippen LogP contribution in [0, 0.1) is 14.3 Å². The van der Waals surface area contributed by atoms with Crippen molar-refractivity contribution < 1.29 is 38.9 Å². The molecule has 0 heterocycles. The lowest BCUT2D eigenvalue weighted by Crippen LogP contribution is -2.52. The molecule has 330 valence electrons. The Balaban J connectivity index is 1.96. The second-order valence-electron chi connectivity index (χ2n) is 15.7. The van der Waals surface area contributed by atoms with Gasteiger partial charge in [-0.15, -0.1) is 0 Å². The number of allylic oxidation sites excluding steroid dienone is 2. The van der Waals surface area contributed by atoms with Gasteiger partial charge in [-0.1, -0.05) is 70.4 Å². The highest BCUT2D eigenvalue weighted by molar-refractivity contribution is 14.1. The maximum atomic E-state index is 13.7. The second kappa shape index (κ2) is 29.6. The predicted octanol–water partition coefficient (Wildman–Crippen LogP) is 11.9. The largest absolute Gasteiger partial charge is 0.506 e. The Hall–Kier alpha value is -1.62. The topological polar surface area (TPSA) is 163 Å². The fourth-order valence-electron chi connectivity index (χ4n) is 6.12. The van der Waals surface area contributed by atoms with Crippen LogP contribution in [0.1, 0.15) is 142 Å². The van der Waals surface area contributed by atoms with Crippen molar-refractivity contribution in [1.82, 2.24) is 16.0 Å². The van der Waals surface area contributed by atoms with Gasteiger partial charge in [0.25, 0.3) is 0 Å². The third kappa shape index (κ3) is 23.4. The van der Waals surface area contributed by atoms with Crippen LogP contribution in [-0.2, 0) is 25.5 Å². The van der Waals surface area contributed by atoms with Crippen molar-refractivity contribution in [2.45, 2.75) is 161 Å². The summed E-state index contributed by atoms with van der Waals surface area (Å²) in [5.41, 5.74) is 0.0621. The lowest BCUT2D eigenvalue weighted by molar-refractivity contribution is -0.142. The van der Waals surface area contributed by atoms with Gasteiger partial charge in [0.15, 0.2) is 5.75 Å². The van der Waals surface area contributed by atoms with Crippen molar-refractivity contribution in [3.8, 4) is 17.2 Å². The number of hydrogen-bond donors (Lipinski definition) is 5. The summed E-state index contributed by atoms with van der Waals surface area (Å²) in [6.45, 7) is 7.92. The summed E-state index contributed by atoms with van der Waals surface area (Å²) in [6.07, 6.45) is 20.7. The number of alkyl carbamates (subject to hydrolysis) is 1. The number of carboxylic acid groups (broad SMARTS) is 1. The number of hydrogen-bond acceptors (Lipinski definition) is 7. The highest BCUT2D eigenvalue weighted by Gasteiger charge is 2.27. The maximum absolute atomic E-state index is 13.7. The van der Waals surface area contributed by atoms with Gasteiger partial charge in [0.05, 0.1) is 14.3 Å². The van der Waals surface area contributed by atoms with Gasteiger partial charge < -0.3 is 35.6 Å². The molecular formula is C44H63I4N3O8. The molecule has 0 aliphatic carbocycles. The van der Waals surface area contributed by atoms with E-state index in [4.69, 9.17) is 9.47 Å². The highest BCUT2D eigenvalue weighted by atomic mass is 127. The molecule has 0 bridgehead atoms. The summed E-state index contributed by atoms with van der Waals surface area (Å²) >= 11 is 8.36. The molecule has 3 amide bonds. The number of phenolic OH excluding ortho intramolecular Hbond substituents is 1. The van der Waals surface area contributed by atoms with Gasteiger partial charge in [0.1, 0.15) is 29.2 Å². The van der Waals surface area contributed by atoms with Crippen LogP contribution < -0.4 is 20.7 Å². The van der Waals surface area contributed by atoms with Crippen molar-refractivity contribution in [2.75, 3.05) is 6.54 Å². The van der Waals surface area contributed by atoms with Gasteiger partial charge in [-0.05, 0) is 192 Å². The Morgan fingerprint density at radius 2 is 1.29 bits per heavy atom. The molecule has 2 aromatic carbocycles. The van der Waals surface area contributed by atoms with E-state index in [0.29, 0.717) is 50.0 Å². The zero-order chi connectivity index (χ0) is 43.8. The van der Waals surface area contributed by atoms with Crippen LogP contribution in [0.15, 0.2) is 36.4 Å². The van der Waals surface area contributed by atoms with Gasteiger partial charge >= 0.3 is 12.1 Å². The Morgan fingerprint density at radius 1 is 0.729 bits per heavy atom. The lowest BCUT2D eigenvalue weighted by atomic mass is 10.0. The summed E-state index contributed by atoms with van der Waals surface area (Å²) in [6, 6.07) is 4.92. The molecule has 0 aliphatic rings. The monoisotopic (exact) mass is 1270 g/mol. The molecule has 59 heavy (non-hydrogen) atoms. The maximum Gasteiger partial charge on any atom is 0.407 e. The number of halogens is 4. The molecule has 0 saturated heterocycles. The van der Waals surface area contributed by atoms with E-state index in [9.17, 15) is 29.4 Å². The Morgan fingerprint density at radius 3 is 1.85 bits per heavy atom. The van der Waals surface area contributed by atoms with Crippen molar-refractivity contribution in [2.24, 2.45) is 0 Å². The quantitative estimate of drug-likeness (QED) is 0.0319. The smallest absolute Gasteiger partial charge is 0.407 e. The Bertz CT molecular complexity index is 1620. The Kier molecular flexibility index (Phi) is 26.9. The zero-order valence-corrected chi connectivity index (χ0v) is 43.5. The minimum atomic E-state index is -1.25. The molecule has 2 unspecified atom stereocenters. The summed E-state index contributed by atoms with van der Waals surface area (Å²) in [5, 5.41) is 28.6. The van der Waals surface area contributed by atoms with Crippen LogP contribution in [0.25, 0.3) is 0 Å². The minimum absolute atomic E-state index is 0.0117. The average Bonchev–Trinajstić information content (AvgIpc) is 3.15. The number of ether oxygens (including phenoxy) is 2. The van der Waals surface area contributed by atoms with Crippen molar-refractivity contribution in [3.63, 3.8) is 0 Å². The number of carboxylic acids is 1. The summed E-state index contributed by atoms with van der Waals surface area (Å²) in [4.78, 5) is 51.3. The zero-order valence-electron chi connectivity index (χ0n) is 34.9. The first-order valence-electron chi connectivity index (χ1n) is 20.8. The normalized spacial score (nSPS) is 12.5. The van der Waals surface area contributed by atoms with Crippen LogP contribution in [0.4, 0.5) is 4.79 Å². The standard InChI is InChI=1S/C44H63I4N3O8/c1-5-6-7-8-9-10-11-12-13-14-15-16-17-18-19-23-38(52)50-36(22-20-21-24-49-43(57)59-44(2,3)4)41(54)51-37(42(55)56)27-30-25-34(47)40(35(48)26-30)58-31-28-32(45)39(53)33(46)29-31/h12-13,25-26,28-29,36-37,53H,5-11,14-24,27H2,1-4H3,(H,49,57)(H,50,52)(H,51,54)(H,55,56)/b13-12-. The summed E-state index contributed by atoms with van der Waals surface area (Å²) in [5.74, 6) is -0.678. The van der Waals surface area contributed by atoms with Crippen LogP contribution in [0.3, 0.4) is 0 Å². The van der Waals surface area contributed by atoms with Gasteiger partial charge in [0.2, 0.25) is 11.8 Å². The molecule has 2 aromatic rings. The van der Waals surface area contributed by atoms with E-state index < -0.39 is 35.7 Å². The van der Waals surface area contributed by atoms with Crippen molar-refractivity contribution in [3.05, 3.63) is 56.3 Å². The lowest BCUT2D eigenvalue weighted by Gasteiger charge is -2.22. The fourth-order valence-corrected chi connectivity index (χ4v) is 9.95. The molecule has 5 N–H and O–H groups in total. The van der Waals surface area contributed by atoms with Gasteiger partial charge in [-0.25, -0.2) is 9.59 Å². The molecule has 15 heteroatoms. The molecule has 0 saturated carbocycles. The third-order valence-electron chi connectivity index (χ3n) is 9.23. The number of nitrogens with one attached hydrogen (secondary N) is 3. The molecule has 0 radical (unpaired) electrons. The molecule has 2 atom stereocenters. The minimum Gasteiger partial charge on any atom is -0.506 e. The summed E-state index contributed by atoms with van der Waals surface area (Å²) in [7, 11) is 0. The molecular weight excluding hydrogens is 1210 g/mol. The SMILES string of the molecule is CCCCCCCC/C=C\CCCCCCCC(=O)NC(CCCCNC(=O)OC(C)(C)C)C(=O)NC(Cc1cc(I)c(Oc2cc(I)c(O)c(I)c2)c(I)c1)C(=O)O. The number of carbonyl (C=O) groups is 4. The number of amides is 3. The fraction of sp³-hybridized carbons (Fsp3) is 0.591. The van der Waals surface area contributed by atoms with Crippen molar-refractivity contribution >= 4 is 114 Å². The van der Waals surface area contributed by atoms with Crippen LogP contribution in [-0.4, -0.2) is 58.3 Å². The molecule has 2 rings (SSSR count). The predicted molar refractivity (Wildman–Crippen MR) is 268 cm³/mol. The molecule has 11 nitrogen and oxygen atoms in total. The van der Waals surface area contributed by atoms with E-state index >= 15 is 0 Å². The van der Waals surface area contributed by atoms with Crippen LogP contribution in [0.2, 0.25) is 0 Å².